The van der Waals surface area contributed by atoms with Gasteiger partial charge in [0.15, 0.2) is 5.82 Å². The third-order valence-corrected chi connectivity index (χ3v) is 3.76. The first-order valence-electron chi connectivity index (χ1n) is 7.92. The second-order valence-corrected chi connectivity index (χ2v) is 5.66. The van der Waals surface area contributed by atoms with E-state index in [1.165, 1.54) is 5.56 Å². The summed E-state index contributed by atoms with van der Waals surface area (Å²) in [6.45, 7) is 2.05. The van der Waals surface area contributed by atoms with E-state index in [9.17, 15) is 0 Å². The number of rotatable bonds is 4. The molecule has 2 N–H and O–H groups in total. The molecule has 6 heteroatoms. The van der Waals surface area contributed by atoms with Crippen LogP contribution in [0.2, 0.25) is 0 Å². The largest absolute Gasteiger partial charge is 0.339 e. The Bertz CT molecular complexity index is 1010. The van der Waals surface area contributed by atoms with E-state index in [0.717, 1.165) is 22.3 Å². The first-order valence-corrected chi connectivity index (χ1v) is 7.92. The Morgan fingerprint density at radius 3 is 2.60 bits per heavy atom. The highest BCUT2D eigenvalue weighted by Crippen LogP contribution is 2.23. The minimum absolute atomic E-state index is 0.412. The van der Waals surface area contributed by atoms with E-state index in [-0.39, 0.29) is 0 Å². The van der Waals surface area contributed by atoms with Crippen molar-refractivity contribution in [3.05, 3.63) is 72.6 Å². The maximum atomic E-state index is 4.47. The van der Waals surface area contributed by atoms with Crippen molar-refractivity contribution in [1.82, 2.24) is 20.2 Å². The predicted molar refractivity (Wildman–Crippen MR) is 99.3 cm³/mol. The second-order valence-electron chi connectivity index (χ2n) is 5.66. The first kappa shape index (κ1) is 15.0. The lowest BCUT2D eigenvalue weighted by Gasteiger charge is -2.09. The molecular formula is C19H16N6. The fourth-order valence-electron chi connectivity index (χ4n) is 2.53. The van der Waals surface area contributed by atoms with Gasteiger partial charge in [-0.25, -0.2) is 0 Å². The van der Waals surface area contributed by atoms with E-state index in [4.69, 9.17) is 0 Å². The maximum Gasteiger partial charge on any atom is 0.249 e. The van der Waals surface area contributed by atoms with E-state index in [0.29, 0.717) is 11.8 Å². The summed E-state index contributed by atoms with van der Waals surface area (Å²) in [5.41, 5.74) is 3.86. The molecule has 25 heavy (non-hydrogen) atoms. The summed E-state index contributed by atoms with van der Waals surface area (Å²) in [5.74, 6) is 1.03. The molecule has 0 unspecified atom stereocenters. The van der Waals surface area contributed by atoms with Crippen LogP contribution in [0.5, 0.6) is 0 Å². The number of nitrogens with one attached hydrogen (secondary N) is 2. The van der Waals surface area contributed by atoms with Crippen LogP contribution in [-0.4, -0.2) is 20.2 Å². The predicted octanol–water partition coefficient (Wildman–Crippen LogP) is 4.22. The van der Waals surface area contributed by atoms with Crippen LogP contribution in [0.4, 0.5) is 23.1 Å². The van der Waals surface area contributed by atoms with Crippen LogP contribution in [-0.2, 0) is 0 Å². The highest BCUT2D eigenvalue weighted by atomic mass is 15.3. The number of hydrogen-bond donors (Lipinski definition) is 2. The summed E-state index contributed by atoms with van der Waals surface area (Å²) in [6.07, 6.45) is 3.36. The van der Waals surface area contributed by atoms with Crippen LogP contribution in [0.3, 0.4) is 0 Å². The molecule has 2 aromatic heterocycles. The monoisotopic (exact) mass is 328 g/mol. The molecule has 2 aromatic carbocycles. The Morgan fingerprint density at radius 1 is 0.880 bits per heavy atom. The molecule has 2 heterocycles. The van der Waals surface area contributed by atoms with Gasteiger partial charge in [0, 0.05) is 17.3 Å². The van der Waals surface area contributed by atoms with Gasteiger partial charge < -0.3 is 10.6 Å². The number of pyridine rings is 1. The normalized spacial score (nSPS) is 10.6. The molecule has 0 spiro atoms. The summed E-state index contributed by atoms with van der Waals surface area (Å²) in [7, 11) is 0. The number of aryl methyl sites for hydroxylation is 1. The molecule has 4 rings (SSSR count). The molecule has 0 bridgehead atoms. The van der Waals surface area contributed by atoms with Gasteiger partial charge >= 0.3 is 0 Å². The van der Waals surface area contributed by atoms with Crippen LogP contribution in [0.25, 0.3) is 10.9 Å². The quantitative estimate of drug-likeness (QED) is 0.584. The Balaban J connectivity index is 1.60. The van der Waals surface area contributed by atoms with Gasteiger partial charge in [-0.05, 0) is 31.2 Å². The highest BCUT2D eigenvalue weighted by Gasteiger charge is 2.06. The van der Waals surface area contributed by atoms with E-state index in [1.54, 1.807) is 12.4 Å². The molecule has 122 valence electrons. The lowest BCUT2D eigenvalue weighted by molar-refractivity contribution is 0.982. The molecule has 0 saturated heterocycles. The number of hydrogen-bond acceptors (Lipinski definition) is 6. The summed E-state index contributed by atoms with van der Waals surface area (Å²) < 4.78 is 0. The fourth-order valence-corrected chi connectivity index (χ4v) is 2.53. The van der Waals surface area contributed by atoms with E-state index in [1.807, 2.05) is 54.6 Å². The number of benzene rings is 2. The standard InChI is InChI=1S/C19H16N6/c1-13-7-9-15(10-8-13)22-17-12-21-25-19(24-17)23-16-6-2-4-14-5-3-11-20-18(14)16/h2-12H,1H3,(H2,22,23,24,25). The molecule has 0 amide bonds. The average Bonchev–Trinajstić information content (AvgIpc) is 2.64. The van der Waals surface area contributed by atoms with Gasteiger partial charge in [-0.2, -0.15) is 10.1 Å². The van der Waals surface area contributed by atoms with Gasteiger partial charge in [0.25, 0.3) is 0 Å². The summed E-state index contributed by atoms with van der Waals surface area (Å²) in [5, 5.41) is 15.5. The lowest BCUT2D eigenvalue weighted by Crippen LogP contribution is -2.03. The summed E-state index contributed by atoms with van der Waals surface area (Å²) >= 11 is 0. The second kappa shape index (κ2) is 6.52. The fraction of sp³-hybridized carbons (Fsp3) is 0.0526. The lowest BCUT2D eigenvalue weighted by atomic mass is 10.2. The Morgan fingerprint density at radius 2 is 1.72 bits per heavy atom. The van der Waals surface area contributed by atoms with Crippen molar-refractivity contribution in [2.45, 2.75) is 6.92 Å². The third kappa shape index (κ3) is 3.37. The smallest absolute Gasteiger partial charge is 0.249 e. The molecular weight excluding hydrogens is 312 g/mol. The Hall–Kier alpha value is -3.54. The molecule has 0 aliphatic heterocycles. The van der Waals surface area contributed by atoms with Gasteiger partial charge in [0.2, 0.25) is 5.95 Å². The van der Waals surface area contributed by atoms with E-state index >= 15 is 0 Å². The zero-order valence-corrected chi connectivity index (χ0v) is 13.6. The molecule has 0 fully saturated rings. The van der Waals surface area contributed by atoms with Crippen molar-refractivity contribution in [2.24, 2.45) is 0 Å². The Kier molecular flexibility index (Phi) is 3.92. The molecule has 0 saturated carbocycles. The maximum absolute atomic E-state index is 4.47. The van der Waals surface area contributed by atoms with E-state index in [2.05, 4.69) is 37.7 Å². The van der Waals surface area contributed by atoms with Crippen molar-refractivity contribution in [1.29, 1.82) is 0 Å². The minimum Gasteiger partial charge on any atom is -0.339 e. The van der Waals surface area contributed by atoms with Crippen LogP contribution in [0.1, 0.15) is 5.56 Å². The molecule has 6 nitrogen and oxygen atoms in total. The summed E-state index contributed by atoms with van der Waals surface area (Å²) in [4.78, 5) is 8.89. The van der Waals surface area contributed by atoms with Crippen LogP contribution >= 0.6 is 0 Å². The zero-order valence-electron chi connectivity index (χ0n) is 13.6. The number of para-hydroxylation sites is 1. The molecule has 4 aromatic rings. The van der Waals surface area contributed by atoms with E-state index < -0.39 is 0 Å². The minimum atomic E-state index is 0.412. The number of fused-ring (bicyclic) bond motifs is 1. The van der Waals surface area contributed by atoms with Crippen LogP contribution < -0.4 is 10.6 Å². The SMILES string of the molecule is Cc1ccc(Nc2cnnc(Nc3cccc4cccnc34)n2)cc1. The Labute approximate surface area is 145 Å². The van der Waals surface area contributed by atoms with Gasteiger partial charge in [-0.15, -0.1) is 5.10 Å². The van der Waals surface area contributed by atoms with Crippen molar-refractivity contribution in [3.8, 4) is 0 Å². The molecule has 0 radical (unpaired) electrons. The number of anilines is 4. The van der Waals surface area contributed by atoms with Gasteiger partial charge in [0.1, 0.15) is 0 Å². The van der Waals surface area contributed by atoms with Gasteiger partial charge in [-0.1, -0.05) is 35.9 Å². The zero-order chi connectivity index (χ0) is 17.1. The summed E-state index contributed by atoms with van der Waals surface area (Å²) in [6, 6.07) is 17.9. The van der Waals surface area contributed by atoms with Crippen molar-refractivity contribution in [3.63, 3.8) is 0 Å². The molecule has 0 atom stereocenters. The molecule has 0 aliphatic rings. The van der Waals surface area contributed by atoms with Gasteiger partial charge in [-0.3, -0.25) is 4.98 Å². The van der Waals surface area contributed by atoms with Crippen molar-refractivity contribution < 1.29 is 0 Å². The van der Waals surface area contributed by atoms with Crippen LogP contribution in [0, 0.1) is 6.92 Å². The third-order valence-electron chi connectivity index (χ3n) is 3.76. The molecule has 0 aliphatic carbocycles. The van der Waals surface area contributed by atoms with Gasteiger partial charge in [0.05, 0.1) is 17.4 Å². The average molecular weight is 328 g/mol. The topological polar surface area (TPSA) is 75.6 Å². The van der Waals surface area contributed by atoms with Crippen LogP contribution in [0.15, 0.2) is 67.0 Å². The number of nitrogens with zero attached hydrogens (tertiary/aromatic N) is 4. The number of aromatic nitrogens is 4. The highest BCUT2D eigenvalue weighted by molar-refractivity contribution is 5.91. The van der Waals surface area contributed by atoms with Crippen molar-refractivity contribution >= 4 is 34.0 Å². The van der Waals surface area contributed by atoms with Crippen molar-refractivity contribution in [2.75, 3.05) is 10.6 Å². The first-order chi connectivity index (χ1) is 12.3.